The maximum Gasteiger partial charge on any atom is 0.278 e. The van der Waals surface area contributed by atoms with E-state index in [0.717, 1.165) is 19.3 Å². The van der Waals surface area contributed by atoms with Crippen LogP contribution in [0.4, 0.5) is 11.4 Å². The fourth-order valence-corrected chi connectivity index (χ4v) is 5.46. The van der Waals surface area contributed by atoms with Gasteiger partial charge in [0.25, 0.3) is 11.6 Å². The Hall–Kier alpha value is -2.96. The van der Waals surface area contributed by atoms with Gasteiger partial charge in [0.05, 0.1) is 16.2 Å². The second-order valence-electron chi connectivity index (χ2n) is 11.1. The summed E-state index contributed by atoms with van der Waals surface area (Å²) in [5.41, 5.74) is 3.81. The molecule has 0 aromatic heterocycles. The molecule has 1 N–H and O–H groups in total. The number of allylic oxidation sites excluding steroid dienone is 4. The first-order chi connectivity index (χ1) is 15.9. The molecule has 1 aromatic rings. The summed E-state index contributed by atoms with van der Waals surface area (Å²) in [6, 6.07) is 4.36. The van der Waals surface area contributed by atoms with Crippen molar-refractivity contribution in [3.8, 4) is 0 Å². The molecule has 0 saturated heterocycles. The van der Waals surface area contributed by atoms with Gasteiger partial charge < -0.3 is 5.32 Å². The molecule has 34 heavy (non-hydrogen) atoms. The van der Waals surface area contributed by atoms with Crippen LogP contribution in [0.5, 0.6) is 0 Å². The van der Waals surface area contributed by atoms with Gasteiger partial charge in [-0.3, -0.25) is 14.9 Å². The van der Waals surface area contributed by atoms with Crippen molar-refractivity contribution in [1.29, 1.82) is 0 Å². The number of hydrogen-bond donors (Lipinski definition) is 1. The lowest BCUT2D eigenvalue weighted by molar-refractivity contribution is -0.384. The molecule has 4 rings (SSSR count). The minimum absolute atomic E-state index is 0.0279. The van der Waals surface area contributed by atoms with Gasteiger partial charge in [0, 0.05) is 18.3 Å². The number of hydrogen-bond acceptors (Lipinski definition) is 5. The third-order valence-electron chi connectivity index (χ3n) is 8.86. The van der Waals surface area contributed by atoms with Crippen LogP contribution >= 0.6 is 0 Å². The number of amides is 1. The maximum atomic E-state index is 13.5. The van der Waals surface area contributed by atoms with Crippen LogP contribution in [0.3, 0.4) is 0 Å². The SMILES string of the molecule is CC1=CC[C@@H](C/C=N\N2C(=O)c3ccc([N+](=O)[O-])cc3N[C@@H]2C[C@@H]2CC=C(C)C2(C)C)C1(C)C. The second kappa shape index (κ2) is 8.67. The van der Waals surface area contributed by atoms with Gasteiger partial charge in [-0.05, 0) is 68.3 Å². The number of benzene rings is 1. The number of rotatable bonds is 6. The fraction of sp³-hybridized carbons (Fsp3) is 0.556. The van der Waals surface area contributed by atoms with Crippen molar-refractivity contribution < 1.29 is 9.72 Å². The van der Waals surface area contributed by atoms with Crippen LogP contribution < -0.4 is 5.32 Å². The van der Waals surface area contributed by atoms with E-state index < -0.39 is 4.92 Å². The first-order valence-corrected chi connectivity index (χ1v) is 12.2. The van der Waals surface area contributed by atoms with Crippen molar-refractivity contribution >= 4 is 23.5 Å². The van der Waals surface area contributed by atoms with Crippen LogP contribution in [-0.2, 0) is 0 Å². The molecule has 7 heteroatoms. The van der Waals surface area contributed by atoms with Crippen LogP contribution in [-0.4, -0.2) is 28.2 Å². The Labute approximate surface area is 202 Å². The third kappa shape index (κ3) is 4.17. The summed E-state index contributed by atoms with van der Waals surface area (Å²) < 4.78 is 0. The predicted octanol–water partition coefficient (Wildman–Crippen LogP) is 6.54. The Morgan fingerprint density at radius 1 is 1.12 bits per heavy atom. The Morgan fingerprint density at radius 2 is 1.74 bits per heavy atom. The highest BCUT2D eigenvalue weighted by atomic mass is 16.6. The number of nitro benzene ring substituents is 1. The molecular weight excluding hydrogens is 428 g/mol. The summed E-state index contributed by atoms with van der Waals surface area (Å²) >= 11 is 0. The number of nitrogens with zero attached hydrogens (tertiary/aromatic N) is 3. The minimum atomic E-state index is -0.432. The molecule has 1 amide bonds. The molecule has 182 valence electrons. The third-order valence-corrected chi connectivity index (χ3v) is 8.86. The lowest BCUT2D eigenvalue weighted by atomic mass is 9.75. The number of nitrogens with one attached hydrogen (secondary N) is 1. The number of carbonyl (C=O) groups is 1. The molecule has 2 aliphatic carbocycles. The normalized spacial score (nSPS) is 27.4. The molecular formula is C27H36N4O3. The molecule has 3 atom stereocenters. The highest BCUT2D eigenvalue weighted by Gasteiger charge is 2.41. The van der Waals surface area contributed by atoms with E-state index in [1.165, 1.54) is 29.3 Å². The molecule has 7 nitrogen and oxygen atoms in total. The average molecular weight is 465 g/mol. The van der Waals surface area contributed by atoms with Crippen molar-refractivity contribution in [3.05, 3.63) is 57.2 Å². The van der Waals surface area contributed by atoms with E-state index in [4.69, 9.17) is 0 Å². The van der Waals surface area contributed by atoms with Gasteiger partial charge in [-0.2, -0.15) is 5.10 Å². The summed E-state index contributed by atoms with van der Waals surface area (Å²) in [5, 5.41) is 21.0. The van der Waals surface area contributed by atoms with Gasteiger partial charge in [0.15, 0.2) is 0 Å². The van der Waals surface area contributed by atoms with Gasteiger partial charge >= 0.3 is 0 Å². The zero-order valence-corrected chi connectivity index (χ0v) is 21.1. The fourth-order valence-electron chi connectivity index (χ4n) is 5.46. The Morgan fingerprint density at radius 3 is 2.29 bits per heavy atom. The van der Waals surface area contributed by atoms with E-state index in [2.05, 4.69) is 64.1 Å². The molecule has 0 unspecified atom stereocenters. The molecule has 0 bridgehead atoms. The van der Waals surface area contributed by atoms with Gasteiger partial charge in [0.2, 0.25) is 0 Å². The summed E-state index contributed by atoms with van der Waals surface area (Å²) in [5.74, 6) is 0.583. The molecule has 1 heterocycles. The highest BCUT2D eigenvalue weighted by Crippen LogP contribution is 2.47. The Kier molecular flexibility index (Phi) is 6.17. The summed E-state index contributed by atoms with van der Waals surface area (Å²) in [7, 11) is 0. The van der Waals surface area contributed by atoms with Crippen LogP contribution in [0.1, 0.15) is 77.6 Å². The monoisotopic (exact) mass is 464 g/mol. The minimum Gasteiger partial charge on any atom is -0.363 e. The molecule has 1 aromatic carbocycles. The number of carbonyl (C=O) groups excluding carboxylic acids is 1. The molecule has 0 saturated carbocycles. The Balaban J connectivity index is 1.60. The van der Waals surface area contributed by atoms with Crippen LogP contribution in [0.25, 0.3) is 0 Å². The number of hydrazone groups is 1. The summed E-state index contributed by atoms with van der Waals surface area (Å²) in [4.78, 5) is 24.4. The highest BCUT2D eigenvalue weighted by molar-refractivity contribution is 6.02. The quantitative estimate of drug-likeness (QED) is 0.224. The van der Waals surface area contributed by atoms with Crippen LogP contribution in [0.15, 0.2) is 46.6 Å². The van der Waals surface area contributed by atoms with E-state index in [9.17, 15) is 14.9 Å². The van der Waals surface area contributed by atoms with E-state index in [-0.39, 0.29) is 28.6 Å². The molecule has 0 fully saturated rings. The maximum absolute atomic E-state index is 13.5. The topological polar surface area (TPSA) is 87.8 Å². The zero-order valence-electron chi connectivity index (χ0n) is 21.1. The van der Waals surface area contributed by atoms with Crippen molar-refractivity contribution in [3.63, 3.8) is 0 Å². The Bertz CT molecular complexity index is 1100. The van der Waals surface area contributed by atoms with E-state index in [1.807, 2.05) is 6.21 Å². The number of nitro groups is 1. The first-order valence-electron chi connectivity index (χ1n) is 12.2. The zero-order chi connectivity index (χ0) is 24.8. The van der Waals surface area contributed by atoms with Gasteiger partial charge in [0.1, 0.15) is 6.17 Å². The molecule has 3 aliphatic rings. The summed E-state index contributed by atoms with van der Waals surface area (Å²) in [6.07, 6.45) is 9.57. The number of fused-ring (bicyclic) bond motifs is 1. The number of anilines is 1. The molecule has 0 spiro atoms. The lowest BCUT2D eigenvalue weighted by Gasteiger charge is -2.39. The average Bonchev–Trinajstić information content (AvgIpc) is 3.18. The van der Waals surface area contributed by atoms with Crippen LogP contribution in [0.2, 0.25) is 0 Å². The van der Waals surface area contributed by atoms with E-state index in [0.29, 0.717) is 29.5 Å². The van der Waals surface area contributed by atoms with Gasteiger partial charge in [-0.1, -0.05) is 51.0 Å². The van der Waals surface area contributed by atoms with Crippen molar-refractivity contribution in [1.82, 2.24) is 5.01 Å². The lowest BCUT2D eigenvalue weighted by Crippen LogP contribution is -2.47. The van der Waals surface area contributed by atoms with Crippen molar-refractivity contribution in [2.75, 3.05) is 5.32 Å². The molecule has 0 radical (unpaired) electrons. The predicted molar refractivity (Wildman–Crippen MR) is 136 cm³/mol. The van der Waals surface area contributed by atoms with E-state index in [1.54, 1.807) is 5.01 Å². The van der Waals surface area contributed by atoms with Gasteiger partial charge in [-0.25, -0.2) is 5.01 Å². The largest absolute Gasteiger partial charge is 0.363 e. The molecule has 1 aliphatic heterocycles. The second-order valence-corrected chi connectivity index (χ2v) is 11.1. The van der Waals surface area contributed by atoms with Crippen molar-refractivity contribution in [2.45, 2.75) is 73.4 Å². The smallest absolute Gasteiger partial charge is 0.278 e. The van der Waals surface area contributed by atoms with E-state index >= 15 is 0 Å². The van der Waals surface area contributed by atoms with Gasteiger partial charge in [-0.15, -0.1) is 0 Å². The van der Waals surface area contributed by atoms with Crippen LogP contribution in [0, 0.1) is 32.8 Å². The first kappa shape index (κ1) is 24.2. The summed E-state index contributed by atoms with van der Waals surface area (Å²) in [6.45, 7) is 13.4. The standard InChI is InChI=1S/C27H36N4O3/c1-17-7-9-19(26(17,3)4)13-14-28-30-24(15-20-10-8-18(2)27(20,5)6)29-23-16-21(31(33)34)11-12-22(23)25(30)32/h7-8,11-12,14,16,19-20,24,29H,9-10,13,15H2,1-6H3/b28-14-/t19-,20-,24-/m0/s1. The van der Waals surface area contributed by atoms with Crippen molar-refractivity contribution in [2.24, 2.45) is 27.8 Å². The number of non-ortho nitro benzene ring substituents is 1.